The fourth-order valence-corrected chi connectivity index (χ4v) is 1.94. The maximum Gasteiger partial charge on any atom is 0.303 e. The van der Waals surface area contributed by atoms with E-state index in [1.807, 2.05) is 6.92 Å². The molecule has 1 aromatic rings. The van der Waals surface area contributed by atoms with Crippen LogP contribution >= 0.6 is 0 Å². The molecule has 0 fully saturated rings. The first-order valence-electron chi connectivity index (χ1n) is 7.60. The van der Waals surface area contributed by atoms with Crippen molar-refractivity contribution in [3.05, 3.63) is 35.5 Å². The van der Waals surface area contributed by atoms with Crippen LogP contribution in [-0.2, 0) is 9.59 Å². The lowest BCUT2D eigenvalue weighted by Crippen LogP contribution is -2.26. The van der Waals surface area contributed by atoms with Gasteiger partial charge in [-0.2, -0.15) is 5.26 Å². The van der Waals surface area contributed by atoms with Crippen molar-refractivity contribution in [1.29, 1.82) is 5.26 Å². The number of aryl methyl sites for hydroxylation is 1. The van der Waals surface area contributed by atoms with E-state index in [1.165, 1.54) is 12.3 Å². The molecule has 0 spiro atoms. The van der Waals surface area contributed by atoms with Gasteiger partial charge >= 0.3 is 5.97 Å². The van der Waals surface area contributed by atoms with Gasteiger partial charge in [0.2, 0.25) is 0 Å². The van der Waals surface area contributed by atoms with Crippen LogP contribution in [0.5, 0.6) is 5.75 Å². The third kappa shape index (κ3) is 6.83. The Hall–Kier alpha value is -3.01. The van der Waals surface area contributed by atoms with Crippen LogP contribution in [0.3, 0.4) is 0 Å². The zero-order chi connectivity index (χ0) is 17.9. The van der Waals surface area contributed by atoms with Crippen molar-refractivity contribution < 1.29 is 19.8 Å². The standard InChI is InChI=1S/C17H21N3O4/c1-12-6-7-15(21)14(9-12)20-11-13(10-18)17(24)19-8-4-2-3-5-16(22)23/h6-7,9,11,20-21H,2-5,8H2,1H3,(H,19,24)(H,22,23)/b13-11-. The molecule has 4 N–H and O–H groups in total. The molecule has 0 aliphatic carbocycles. The summed E-state index contributed by atoms with van der Waals surface area (Å²) in [6, 6.07) is 6.76. The predicted molar refractivity (Wildman–Crippen MR) is 89.3 cm³/mol. The molecule has 0 aromatic heterocycles. The van der Waals surface area contributed by atoms with Gasteiger partial charge in [-0.3, -0.25) is 9.59 Å². The lowest BCUT2D eigenvalue weighted by Gasteiger charge is -2.07. The Kier molecular flexibility index (Phi) is 7.85. The summed E-state index contributed by atoms with van der Waals surface area (Å²) in [5.74, 6) is -1.33. The van der Waals surface area contributed by atoms with E-state index >= 15 is 0 Å². The number of anilines is 1. The number of aromatic hydroxyl groups is 1. The van der Waals surface area contributed by atoms with Crippen molar-refractivity contribution in [3.63, 3.8) is 0 Å². The number of carboxylic acid groups (broad SMARTS) is 1. The van der Waals surface area contributed by atoms with Crippen molar-refractivity contribution in [2.45, 2.75) is 32.6 Å². The minimum atomic E-state index is -0.834. The molecule has 0 saturated carbocycles. The zero-order valence-electron chi connectivity index (χ0n) is 13.5. The topological polar surface area (TPSA) is 122 Å². The van der Waals surface area contributed by atoms with Crippen LogP contribution in [0.25, 0.3) is 0 Å². The number of nitrogens with zero attached hydrogens (tertiary/aromatic N) is 1. The van der Waals surface area contributed by atoms with Crippen LogP contribution in [0, 0.1) is 18.3 Å². The molecule has 128 valence electrons. The summed E-state index contributed by atoms with van der Waals surface area (Å²) in [6.45, 7) is 2.23. The van der Waals surface area contributed by atoms with Gasteiger partial charge in [-0.25, -0.2) is 0 Å². The first-order valence-corrected chi connectivity index (χ1v) is 7.60. The highest BCUT2D eigenvalue weighted by Crippen LogP contribution is 2.23. The normalized spacial score (nSPS) is 10.8. The average molecular weight is 331 g/mol. The number of phenolic OH excluding ortho intramolecular Hbond substituents is 1. The molecule has 0 atom stereocenters. The summed E-state index contributed by atoms with van der Waals surface area (Å²) in [5.41, 5.74) is 1.22. The van der Waals surface area contributed by atoms with Crippen LogP contribution < -0.4 is 10.6 Å². The highest BCUT2D eigenvalue weighted by atomic mass is 16.4. The summed E-state index contributed by atoms with van der Waals surface area (Å²) in [6.07, 6.45) is 3.24. The van der Waals surface area contributed by atoms with Crippen molar-refractivity contribution in [2.75, 3.05) is 11.9 Å². The first kappa shape index (κ1) is 19.0. The van der Waals surface area contributed by atoms with Crippen molar-refractivity contribution in [1.82, 2.24) is 5.32 Å². The van der Waals surface area contributed by atoms with E-state index in [9.17, 15) is 14.7 Å². The van der Waals surface area contributed by atoms with Crippen molar-refractivity contribution in [2.24, 2.45) is 0 Å². The van der Waals surface area contributed by atoms with Crippen LogP contribution in [0.1, 0.15) is 31.2 Å². The fraction of sp³-hybridized carbons (Fsp3) is 0.353. The maximum atomic E-state index is 11.9. The predicted octanol–water partition coefficient (Wildman–Crippen LogP) is 2.28. The smallest absolute Gasteiger partial charge is 0.303 e. The Morgan fingerprint density at radius 2 is 2.04 bits per heavy atom. The van der Waals surface area contributed by atoms with Gasteiger partial charge in [0.25, 0.3) is 5.91 Å². The largest absolute Gasteiger partial charge is 0.506 e. The van der Waals surface area contributed by atoms with Gasteiger partial charge < -0.3 is 20.8 Å². The molecule has 1 rings (SSSR count). The molecular formula is C17H21N3O4. The van der Waals surface area contributed by atoms with Gasteiger partial charge in [0, 0.05) is 19.2 Å². The highest BCUT2D eigenvalue weighted by Gasteiger charge is 2.08. The van der Waals surface area contributed by atoms with E-state index < -0.39 is 11.9 Å². The van der Waals surface area contributed by atoms with Gasteiger partial charge in [-0.05, 0) is 37.5 Å². The van der Waals surface area contributed by atoms with Gasteiger partial charge in [0.1, 0.15) is 17.4 Å². The lowest BCUT2D eigenvalue weighted by molar-refractivity contribution is -0.137. The Bertz CT molecular complexity index is 662. The number of rotatable bonds is 9. The number of amides is 1. The van der Waals surface area contributed by atoms with Crippen molar-refractivity contribution in [3.8, 4) is 11.8 Å². The Labute approximate surface area is 140 Å². The molecule has 0 aliphatic rings. The van der Waals surface area contributed by atoms with Gasteiger partial charge in [0.15, 0.2) is 0 Å². The molecule has 7 nitrogen and oxygen atoms in total. The number of unbranched alkanes of at least 4 members (excludes halogenated alkanes) is 2. The van der Waals surface area contributed by atoms with Gasteiger partial charge in [0.05, 0.1) is 5.69 Å². The Morgan fingerprint density at radius 1 is 1.29 bits per heavy atom. The lowest BCUT2D eigenvalue weighted by atomic mass is 10.2. The van der Waals surface area contributed by atoms with E-state index in [0.717, 1.165) is 5.56 Å². The second-order valence-electron chi connectivity index (χ2n) is 5.30. The van der Waals surface area contributed by atoms with Gasteiger partial charge in [-0.15, -0.1) is 0 Å². The number of carbonyl (C=O) groups is 2. The molecule has 0 saturated heterocycles. The first-order chi connectivity index (χ1) is 11.4. The molecule has 0 aliphatic heterocycles. The van der Waals surface area contributed by atoms with Crippen LogP contribution in [0.4, 0.5) is 5.69 Å². The fourth-order valence-electron chi connectivity index (χ4n) is 1.94. The summed E-state index contributed by atoms with van der Waals surface area (Å²) < 4.78 is 0. The molecule has 7 heteroatoms. The number of aliphatic carboxylic acids is 1. The number of hydrogen-bond donors (Lipinski definition) is 4. The number of nitriles is 1. The summed E-state index contributed by atoms with van der Waals surface area (Å²) in [4.78, 5) is 22.3. The molecule has 0 unspecified atom stereocenters. The molecule has 0 radical (unpaired) electrons. The van der Waals surface area contributed by atoms with Crippen molar-refractivity contribution >= 4 is 17.6 Å². The quantitative estimate of drug-likeness (QED) is 0.238. The van der Waals surface area contributed by atoms with E-state index in [1.54, 1.807) is 18.2 Å². The van der Waals surface area contributed by atoms with Crippen LogP contribution in [0.15, 0.2) is 30.0 Å². The third-order valence-corrected chi connectivity index (χ3v) is 3.24. The van der Waals surface area contributed by atoms with E-state index in [0.29, 0.717) is 31.5 Å². The Balaban J connectivity index is 2.47. The molecule has 1 amide bonds. The summed E-state index contributed by atoms with van der Waals surface area (Å²) >= 11 is 0. The van der Waals surface area contributed by atoms with E-state index in [-0.39, 0.29) is 17.7 Å². The number of carbonyl (C=O) groups excluding carboxylic acids is 1. The molecule has 0 heterocycles. The molecule has 1 aromatic carbocycles. The van der Waals surface area contributed by atoms with E-state index in [2.05, 4.69) is 10.6 Å². The van der Waals surface area contributed by atoms with E-state index in [4.69, 9.17) is 10.4 Å². The van der Waals surface area contributed by atoms with Crippen LogP contribution in [-0.4, -0.2) is 28.6 Å². The van der Waals surface area contributed by atoms with Crippen LogP contribution in [0.2, 0.25) is 0 Å². The second kappa shape index (κ2) is 9.90. The number of nitrogens with one attached hydrogen (secondary N) is 2. The minimum absolute atomic E-state index is 0.0213. The monoisotopic (exact) mass is 331 g/mol. The number of phenols is 1. The molecular weight excluding hydrogens is 310 g/mol. The number of carboxylic acids is 1. The minimum Gasteiger partial charge on any atom is -0.506 e. The molecule has 24 heavy (non-hydrogen) atoms. The van der Waals surface area contributed by atoms with Gasteiger partial charge in [-0.1, -0.05) is 12.5 Å². The zero-order valence-corrected chi connectivity index (χ0v) is 13.5. The second-order valence-corrected chi connectivity index (χ2v) is 5.30. The highest BCUT2D eigenvalue weighted by molar-refractivity contribution is 5.97. The maximum absolute atomic E-state index is 11.9. The SMILES string of the molecule is Cc1ccc(O)c(N/C=C(/C#N)C(=O)NCCCCCC(=O)O)c1. The average Bonchev–Trinajstić information content (AvgIpc) is 2.54. The molecule has 0 bridgehead atoms. The summed E-state index contributed by atoms with van der Waals surface area (Å²) in [7, 11) is 0. The number of hydrogen-bond acceptors (Lipinski definition) is 5. The number of benzene rings is 1. The summed E-state index contributed by atoms with van der Waals surface area (Å²) in [5, 5.41) is 32.6. The third-order valence-electron chi connectivity index (χ3n) is 3.24. The Morgan fingerprint density at radius 3 is 2.71 bits per heavy atom.